The topological polar surface area (TPSA) is 57.9 Å². The molecule has 7 heteroatoms. The third-order valence-electron chi connectivity index (χ3n) is 1.40. The number of benzene rings is 1. The molecule has 0 radical (unpaired) electrons. The van der Waals surface area contributed by atoms with Crippen molar-refractivity contribution in [2.24, 2.45) is 0 Å². The summed E-state index contributed by atoms with van der Waals surface area (Å²) in [6, 6.07) is 3.12. The van der Waals surface area contributed by atoms with Gasteiger partial charge in [-0.3, -0.25) is 0 Å². The van der Waals surface area contributed by atoms with Crippen LogP contribution in [0.3, 0.4) is 0 Å². The molecule has 1 aromatic rings. The fraction of sp³-hybridized carbons (Fsp3) is 0. The van der Waals surface area contributed by atoms with Crippen molar-refractivity contribution >= 4 is 31.3 Å². The van der Waals surface area contributed by atoms with Crippen molar-refractivity contribution in [3.63, 3.8) is 0 Å². The normalized spacial score (nSPS) is 11.0. The number of nitrogens with zero attached hydrogens (tertiary/aromatic N) is 1. The summed E-state index contributed by atoms with van der Waals surface area (Å²) in [7, 11) is 0.913. The van der Waals surface area contributed by atoms with Crippen molar-refractivity contribution in [1.82, 2.24) is 0 Å². The summed E-state index contributed by atoms with van der Waals surface area (Å²) >= 11 is 5.38. The van der Waals surface area contributed by atoms with Gasteiger partial charge in [0, 0.05) is 10.7 Å². The van der Waals surface area contributed by atoms with Gasteiger partial charge in [-0.05, 0) is 12.1 Å². The van der Waals surface area contributed by atoms with Gasteiger partial charge in [-0.1, -0.05) is 11.6 Å². The molecule has 0 unspecified atom stereocenters. The molecule has 0 aromatic heterocycles. The van der Waals surface area contributed by atoms with E-state index in [0.717, 1.165) is 6.07 Å². The fourth-order valence-corrected chi connectivity index (χ4v) is 1.71. The fourth-order valence-electron chi connectivity index (χ4n) is 0.786. The van der Waals surface area contributed by atoms with Crippen LogP contribution in [-0.2, 0) is 9.05 Å². The van der Waals surface area contributed by atoms with Crippen molar-refractivity contribution in [3.05, 3.63) is 28.5 Å². The summed E-state index contributed by atoms with van der Waals surface area (Å²) in [4.78, 5) is -0.488. The maximum Gasteiger partial charge on any atom is 0.261 e. The van der Waals surface area contributed by atoms with E-state index in [1.165, 1.54) is 0 Å². The molecule has 1 rings (SSSR count). The molecule has 0 saturated heterocycles. The third-order valence-corrected chi connectivity index (χ3v) is 3.12. The second kappa shape index (κ2) is 3.73. The Morgan fingerprint density at radius 3 is 2.43 bits per heavy atom. The van der Waals surface area contributed by atoms with Gasteiger partial charge >= 0.3 is 0 Å². The summed E-state index contributed by atoms with van der Waals surface area (Å²) < 4.78 is 34.6. The highest BCUT2D eigenvalue weighted by atomic mass is 35.7. The average Bonchev–Trinajstić information content (AvgIpc) is 2.07. The zero-order valence-electron chi connectivity index (χ0n) is 6.46. The van der Waals surface area contributed by atoms with Gasteiger partial charge in [-0.15, -0.1) is 0 Å². The largest absolute Gasteiger partial charge is 0.261 e. The monoisotopic (exact) mass is 253 g/mol. The Labute approximate surface area is 89.1 Å². The smallest absolute Gasteiger partial charge is 0.207 e. The first-order valence-electron chi connectivity index (χ1n) is 3.20. The van der Waals surface area contributed by atoms with Gasteiger partial charge in [0.15, 0.2) is 0 Å². The van der Waals surface area contributed by atoms with Crippen LogP contribution in [0.4, 0.5) is 4.39 Å². The minimum atomic E-state index is -4.05. The van der Waals surface area contributed by atoms with Crippen LogP contribution in [0.5, 0.6) is 0 Å². The summed E-state index contributed by atoms with van der Waals surface area (Å²) in [5.74, 6) is -0.995. The van der Waals surface area contributed by atoms with E-state index in [1.807, 2.05) is 0 Å². The van der Waals surface area contributed by atoms with Crippen molar-refractivity contribution < 1.29 is 12.8 Å². The molecule has 0 saturated carbocycles. The molecule has 0 atom stereocenters. The van der Waals surface area contributed by atoms with E-state index >= 15 is 0 Å². The molecule has 3 nitrogen and oxygen atoms in total. The van der Waals surface area contributed by atoms with E-state index in [0.29, 0.717) is 6.07 Å². The lowest BCUT2D eigenvalue weighted by Gasteiger charge is -2.00. The van der Waals surface area contributed by atoms with Gasteiger partial charge in [0.05, 0.1) is 15.5 Å². The lowest BCUT2D eigenvalue weighted by Crippen LogP contribution is -1.94. The van der Waals surface area contributed by atoms with E-state index in [4.69, 9.17) is 27.5 Å². The Kier molecular flexibility index (Phi) is 3.00. The van der Waals surface area contributed by atoms with Crippen LogP contribution in [0.15, 0.2) is 17.0 Å². The van der Waals surface area contributed by atoms with Crippen molar-refractivity contribution in [2.45, 2.75) is 4.90 Å². The van der Waals surface area contributed by atoms with E-state index in [-0.39, 0.29) is 5.56 Å². The highest BCUT2D eigenvalue weighted by Gasteiger charge is 2.16. The maximum atomic E-state index is 13.0. The minimum Gasteiger partial charge on any atom is -0.207 e. The van der Waals surface area contributed by atoms with Gasteiger partial charge in [-0.2, -0.15) is 5.26 Å². The van der Waals surface area contributed by atoms with Crippen molar-refractivity contribution in [3.8, 4) is 6.07 Å². The van der Waals surface area contributed by atoms with E-state index in [9.17, 15) is 12.8 Å². The number of halogens is 3. The molecule has 0 heterocycles. The summed E-state index contributed by atoms with van der Waals surface area (Å²) in [5, 5.41) is 8.07. The third kappa shape index (κ3) is 2.15. The predicted molar refractivity (Wildman–Crippen MR) is 49.2 cm³/mol. The molecule has 0 spiro atoms. The molecule has 0 bridgehead atoms. The van der Waals surface area contributed by atoms with Crippen LogP contribution in [0.25, 0.3) is 0 Å². The van der Waals surface area contributed by atoms with E-state index < -0.39 is 24.8 Å². The van der Waals surface area contributed by atoms with Crippen molar-refractivity contribution in [2.75, 3.05) is 0 Å². The number of hydrogen-bond donors (Lipinski definition) is 0. The molecule has 14 heavy (non-hydrogen) atoms. The lowest BCUT2D eigenvalue weighted by molar-refractivity contribution is 0.602. The maximum absolute atomic E-state index is 13.0. The average molecular weight is 254 g/mol. The quantitative estimate of drug-likeness (QED) is 0.722. The Morgan fingerprint density at radius 1 is 1.43 bits per heavy atom. The molecule has 0 amide bonds. The lowest BCUT2D eigenvalue weighted by atomic mass is 10.2. The van der Waals surface area contributed by atoms with Gasteiger partial charge in [0.1, 0.15) is 11.9 Å². The Bertz CT molecular complexity index is 521. The SMILES string of the molecule is N#Cc1cc(S(=O)(=O)Cl)cc(F)c1Cl. The van der Waals surface area contributed by atoms with Gasteiger partial charge in [-0.25, -0.2) is 12.8 Å². The van der Waals surface area contributed by atoms with Crippen LogP contribution >= 0.6 is 22.3 Å². The van der Waals surface area contributed by atoms with Crippen LogP contribution in [0.2, 0.25) is 5.02 Å². The second-order valence-corrected chi connectivity index (χ2v) is 5.26. The number of rotatable bonds is 1. The standard InChI is InChI=1S/C7H2Cl2FNO2S/c8-7-4(3-11)1-5(2-6(7)10)14(9,12)13/h1-2H. The van der Waals surface area contributed by atoms with Gasteiger partial charge in [0.2, 0.25) is 0 Å². The summed E-state index contributed by atoms with van der Waals surface area (Å²) in [6.07, 6.45) is 0. The molecular formula is C7H2Cl2FNO2S. The zero-order chi connectivity index (χ0) is 10.9. The van der Waals surface area contributed by atoms with Crippen LogP contribution < -0.4 is 0 Å². The highest BCUT2D eigenvalue weighted by molar-refractivity contribution is 8.13. The molecule has 0 aliphatic rings. The Morgan fingerprint density at radius 2 is 2.00 bits per heavy atom. The molecule has 74 valence electrons. The second-order valence-electron chi connectivity index (χ2n) is 2.32. The number of nitriles is 1. The van der Waals surface area contributed by atoms with Gasteiger partial charge in [0.25, 0.3) is 9.05 Å². The van der Waals surface area contributed by atoms with Crippen LogP contribution in [0, 0.1) is 17.1 Å². The zero-order valence-corrected chi connectivity index (χ0v) is 8.79. The minimum absolute atomic E-state index is 0.272. The Balaban J connectivity index is 3.56. The molecule has 0 aliphatic carbocycles. The first-order valence-corrected chi connectivity index (χ1v) is 5.89. The first kappa shape index (κ1) is 11.2. The van der Waals surface area contributed by atoms with E-state index in [2.05, 4.69) is 0 Å². The molecule has 0 fully saturated rings. The molecule has 0 aliphatic heterocycles. The summed E-state index contributed by atoms with van der Waals surface area (Å²) in [6.45, 7) is 0. The number of hydrogen-bond acceptors (Lipinski definition) is 3. The predicted octanol–water partition coefficient (Wildman–Crippen LogP) is 2.28. The van der Waals surface area contributed by atoms with Crippen LogP contribution in [0.1, 0.15) is 5.56 Å². The molecular weight excluding hydrogens is 252 g/mol. The van der Waals surface area contributed by atoms with Gasteiger partial charge < -0.3 is 0 Å². The molecule has 1 aromatic carbocycles. The van der Waals surface area contributed by atoms with Crippen molar-refractivity contribution in [1.29, 1.82) is 5.26 Å². The first-order chi connectivity index (χ1) is 6.36. The highest BCUT2D eigenvalue weighted by Crippen LogP contribution is 2.25. The van der Waals surface area contributed by atoms with Crippen LogP contribution in [-0.4, -0.2) is 8.42 Å². The van der Waals surface area contributed by atoms with E-state index in [1.54, 1.807) is 6.07 Å². The molecule has 0 N–H and O–H groups in total. The summed E-state index contributed by atoms with van der Waals surface area (Å²) in [5.41, 5.74) is -0.272. The Hall–Kier alpha value is -0.830.